The Bertz CT molecular complexity index is 641. The van der Waals surface area contributed by atoms with Gasteiger partial charge >= 0.3 is 11.9 Å². The number of esters is 2. The number of carbonyl (C=O) groups excluding carboxylic acids is 2. The zero-order valence-electron chi connectivity index (χ0n) is 10.6. The van der Waals surface area contributed by atoms with Gasteiger partial charge in [-0.2, -0.15) is 0 Å². The summed E-state index contributed by atoms with van der Waals surface area (Å²) in [5.74, 6) is -4.29. The van der Waals surface area contributed by atoms with Gasteiger partial charge < -0.3 is 9.47 Å². The second-order valence-electron chi connectivity index (χ2n) is 3.96. The fourth-order valence-electron chi connectivity index (χ4n) is 1.58. The van der Waals surface area contributed by atoms with Crippen molar-refractivity contribution in [3.05, 3.63) is 35.0 Å². The highest BCUT2D eigenvalue weighted by Gasteiger charge is 2.20. The molecule has 0 saturated heterocycles. The molecule has 1 aromatic rings. The summed E-state index contributed by atoms with van der Waals surface area (Å²) in [6.45, 7) is 2.50. The molecular weight excluding hydrogens is 272 g/mol. The highest BCUT2D eigenvalue weighted by molar-refractivity contribution is 6.06. The van der Waals surface area contributed by atoms with Crippen LogP contribution in [-0.4, -0.2) is 17.8 Å². The normalized spacial score (nSPS) is 16.1. The standard InChI is InChI=1S/C13H9F2NO4/c1-6-16-11(13(18)19-6)5-8-3-9(14)12(10(15)4-8)20-7(2)17/h3-5H,1-2H3/b11-5+. The molecule has 1 aliphatic rings. The molecule has 2 rings (SSSR count). The Labute approximate surface area is 112 Å². The molecule has 0 unspecified atom stereocenters. The minimum absolute atomic E-state index is 0.0568. The summed E-state index contributed by atoms with van der Waals surface area (Å²) in [5.41, 5.74) is -0.0113. The van der Waals surface area contributed by atoms with Crippen molar-refractivity contribution in [3.63, 3.8) is 0 Å². The molecule has 0 spiro atoms. The fraction of sp³-hybridized carbons (Fsp3) is 0.154. The third kappa shape index (κ3) is 2.87. The lowest BCUT2D eigenvalue weighted by molar-refractivity contribution is -0.132. The van der Waals surface area contributed by atoms with Crippen molar-refractivity contribution in [2.75, 3.05) is 0 Å². The molecule has 1 heterocycles. The van der Waals surface area contributed by atoms with Crippen LogP contribution in [0.1, 0.15) is 19.4 Å². The number of hydrogen-bond donors (Lipinski definition) is 0. The Morgan fingerprint density at radius 1 is 1.35 bits per heavy atom. The van der Waals surface area contributed by atoms with Crippen LogP contribution >= 0.6 is 0 Å². The van der Waals surface area contributed by atoms with Gasteiger partial charge in [-0.3, -0.25) is 4.79 Å². The first-order chi connectivity index (χ1) is 9.36. The number of ether oxygens (including phenoxy) is 2. The number of rotatable bonds is 2. The molecule has 0 atom stereocenters. The quantitative estimate of drug-likeness (QED) is 0.473. The van der Waals surface area contributed by atoms with Crippen molar-refractivity contribution in [1.29, 1.82) is 0 Å². The second-order valence-corrected chi connectivity index (χ2v) is 3.96. The van der Waals surface area contributed by atoms with Gasteiger partial charge in [-0.05, 0) is 23.8 Å². The molecule has 104 valence electrons. The van der Waals surface area contributed by atoms with Gasteiger partial charge in [0.15, 0.2) is 23.2 Å². The molecule has 1 aromatic carbocycles. The second kappa shape index (κ2) is 5.20. The molecule has 1 aliphatic heterocycles. The molecule has 0 aliphatic carbocycles. The van der Waals surface area contributed by atoms with Crippen LogP contribution in [-0.2, 0) is 14.3 Å². The maximum Gasteiger partial charge on any atom is 0.363 e. The van der Waals surface area contributed by atoms with E-state index in [-0.39, 0.29) is 17.2 Å². The molecule has 0 aromatic heterocycles. The molecule has 0 saturated carbocycles. The zero-order chi connectivity index (χ0) is 14.9. The molecule has 5 nitrogen and oxygen atoms in total. The van der Waals surface area contributed by atoms with E-state index in [1.807, 2.05) is 0 Å². The SMILES string of the molecule is CC(=O)Oc1c(F)cc(/C=C2/N=C(C)OC2=O)cc1F. The Hall–Kier alpha value is -2.57. The van der Waals surface area contributed by atoms with Gasteiger partial charge in [0.2, 0.25) is 5.75 Å². The number of cyclic esters (lactones) is 1. The van der Waals surface area contributed by atoms with Crippen LogP contribution in [0.4, 0.5) is 8.78 Å². The summed E-state index contributed by atoms with van der Waals surface area (Å²) in [5, 5.41) is 0. The first-order valence-corrected chi connectivity index (χ1v) is 5.53. The molecular formula is C13H9F2NO4. The monoisotopic (exact) mass is 281 g/mol. The lowest BCUT2D eigenvalue weighted by atomic mass is 10.1. The van der Waals surface area contributed by atoms with Crippen molar-refractivity contribution in [3.8, 4) is 5.75 Å². The van der Waals surface area contributed by atoms with Gasteiger partial charge in [-0.15, -0.1) is 0 Å². The zero-order valence-corrected chi connectivity index (χ0v) is 10.6. The van der Waals surface area contributed by atoms with Crippen molar-refractivity contribution in [2.45, 2.75) is 13.8 Å². The number of nitrogens with zero attached hydrogens (tertiary/aromatic N) is 1. The van der Waals surface area contributed by atoms with Gasteiger partial charge in [0.05, 0.1) is 0 Å². The van der Waals surface area contributed by atoms with Crippen molar-refractivity contribution in [1.82, 2.24) is 0 Å². The molecule has 0 fully saturated rings. The van der Waals surface area contributed by atoms with E-state index in [4.69, 9.17) is 0 Å². The summed E-state index contributed by atoms with van der Waals surface area (Å²) >= 11 is 0. The van der Waals surface area contributed by atoms with Gasteiger partial charge in [0, 0.05) is 13.8 Å². The van der Waals surface area contributed by atoms with E-state index in [9.17, 15) is 18.4 Å². The highest BCUT2D eigenvalue weighted by Crippen LogP contribution is 2.25. The number of benzene rings is 1. The van der Waals surface area contributed by atoms with Crippen LogP contribution in [0.3, 0.4) is 0 Å². The van der Waals surface area contributed by atoms with E-state index in [0.29, 0.717) is 0 Å². The maximum absolute atomic E-state index is 13.6. The highest BCUT2D eigenvalue weighted by atomic mass is 19.1. The van der Waals surface area contributed by atoms with E-state index in [1.54, 1.807) is 0 Å². The van der Waals surface area contributed by atoms with E-state index in [2.05, 4.69) is 14.5 Å². The van der Waals surface area contributed by atoms with Crippen molar-refractivity contribution in [2.24, 2.45) is 4.99 Å². The topological polar surface area (TPSA) is 65.0 Å². The summed E-state index contributed by atoms with van der Waals surface area (Å²) in [4.78, 5) is 25.8. The van der Waals surface area contributed by atoms with Gasteiger partial charge in [-0.25, -0.2) is 18.6 Å². The Balaban J connectivity index is 2.38. The van der Waals surface area contributed by atoms with Crippen molar-refractivity contribution >= 4 is 23.9 Å². The van der Waals surface area contributed by atoms with Crippen LogP contribution < -0.4 is 4.74 Å². The van der Waals surface area contributed by atoms with E-state index < -0.39 is 29.3 Å². The van der Waals surface area contributed by atoms with Crippen LogP contribution in [0.15, 0.2) is 22.8 Å². The Morgan fingerprint density at radius 3 is 2.40 bits per heavy atom. The average Bonchev–Trinajstić information content (AvgIpc) is 2.62. The number of aliphatic imine (C=N–C) groups is 1. The number of carbonyl (C=O) groups is 2. The first-order valence-electron chi connectivity index (χ1n) is 5.53. The largest absolute Gasteiger partial charge is 0.420 e. The molecule has 20 heavy (non-hydrogen) atoms. The molecule has 0 radical (unpaired) electrons. The van der Waals surface area contributed by atoms with E-state index in [0.717, 1.165) is 19.1 Å². The molecule has 0 amide bonds. The molecule has 7 heteroatoms. The Morgan fingerprint density at radius 2 is 1.95 bits per heavy atom. The molecule has 0 bridgehead atoms. The van der Waals surface area contributed by atoms with E-state index in [1.165, 1.54) is 13.0 Å². The third-order valence-corrected chi connectivity index (χ3v) is 2.30. The van der Waals surface area contributed by atoms with Gasteiger partial charge in [0.1, 0.15) is 0 Å². The minimum Gasteiger partial charge on any atom is -0.420 e. The lowest BCUT2D eigenvalue weighted by Gasteiger charge is -2.05. The predicted octanol–water partition coefficient (Wildman–Crippen LogP) is 2.21. The van der Waals surface area contributed by atoms with Gasteiger partial charge in [0.25, 0.3) is 0 Å². The maximum atomic E-state index is 13.6. The van der Waals surface area contributed by atoms with Crippen LogP contribution in [0, 0.1) is 11.6 Å². The summed E-state index contributed by atoms with van der Waals surface area (Å²) in [6, 6.07) is 1.84. The smallest absolute Gasteiger partial charge is 0.363 e. The average molecular weight is 281 g/mol. The fourth-order valence-corrected chi connectivity index (χ4v) is 1.58. The Kier molecular flexibility index (Phi) is 3.60. The van der Waals surface area contributed by atoms with Crippen LogP contribution in [0.25, 0.3) is 6.08 Å². The molecule has 0 N–H and O–H groups in total. The van der Waals surface area contributed by atoms with Gasteiger partial charge in [-0.1, -0.05) is 0 Å². The predicted molar refractivity (Wildman–Crippen MR) is 64.8 cm³/mol. The summed E-state index contributed by atoms with van der Waals surface area (Å²) in [7, 11) is 0. The van der Waals surface area contributed by atoms with Crippen molar-refractivity contribution < 1.29 is 27.8 Å². The number of halogens is 2. The number of hydrogen-bond acceptors (Lipinski definition) is 5. The third-order valence-electron chi connectivity index (χ3n) is 2.30. The van der Waals surface area contributed by atoms with Crippen LogP contribution in [0.5, 0.6) is 5.75 Å². The first kappa shape index (κ1) is 13.9. The summed E-state index contributed by atoms with van der Waals surface area (Å²) < 4.78 is 36.3. The van der Waals surface area contributed by atoms with Crippen LogP contribution in [0.2, 0.25) is 0 Å². The minimum atomic E-state index is -1.06. The summed E-state index contributed by atoms with van der Waals surface area (Å²) in [6.07, 6.45) is 1.17. The van der Waals surface area contributed by atoms with E-state index >= 15 is 0 Å². The lowest BCUT2D eigenvalue weighted by Crippen LogP contribution is -2.05.